The van der Waals surface area contributed by atoms with Crippen LogP contribution in [0.3, 0.4) is 0 Å². The maximum atomic E-state index is 12.4. The topological polar surface area (TPSA) is 56.8 Å². The van der Waals surface area contributed by atoms with E-state index in [1.54, 1.807) is 11.1 Å². The molecule has 6 heteroatoms. The number of amides is 2. The molecule has 0 aliphatic carbocycles. The van der Waals surface area contributed by atoms with Crippen LogP contribution in [0.2, 0.25) is 0 Å². The summed E-state index contributed by atoms with van der Waals surface area (Å²) in [6.07, 6.45) is 4.76. The van der Waals surface area contributed by atoms with E-state index in [2.05, 4.69) is 9.88 Å². The van der Waals surface area contributed by atoms with E-state index >= 15 is 0 Å². The molecular weight excluding hydrogens is 268 g/mol. The highest BCUT2D eigenvalue weighted by atomic mass is 16.2. The van der Waals surface area contributed by atoms with E-state index in [0.717, 1.165) is 64.2 Å². The lowest BCUT2D eigenvalue weighted by molar-refractivity contribution is -0.118. The van der Waals surface area contributed by atoms with Gasteiger partial charge < -0.3 is 14.7 Å². The van der Waals surface area contributed by atoms with Crippen LogP contribution in [0.1, 0.15) is 23.3 Å². The van der Waals surface area contributed by atoms with Gasteiger partial charge in [0.2, 0.25) is 6.41 Å². The van der Waals surface area contributed by atoms with E-state index in [0.29, 0.717) is 5.69 Å². The highest BCUT2D eigenvalue weighted by Gasteiger charge is 2.22. The number of hydrogen-bond donors (Lipinski definition) is 0. The summed E-state index contributed by atoms with van der Waals surface area (Å²) in [5, 5.41) is 0. The summed E-state index contributed by atoms with van der Waals surface area (Å²) in [6.45, 7) is 4.70. The lowest BCUT2D eigenvalue weighted by atomic mass is 10.2. The van der Waals surface area contributed by atoms with Crippen LogP contribution in [0.5, 0.6) is 0 Å². The Morgan fingerprint density at radius 3 is 2.48 bits per heavy atom. The number of carbonyl (C=O) groups is 2. The minimum Gasteiger partial charge on any atom is -0.368 e. The molecule has 1 aromatic heterocycles. The first kappa shape index (κ1) is 13.9. The van der Waals surface area contributed by atoms with Crippen LogP contribution >= 0.6 is 0 Å². The van der Waals surface area contributed by atoms with Crippen molar-refractivity contribution in [2.75, 3.05) is 44.2 Å². The zero-order chi connectivity index (χ0) is 14.7. The minimum atomic E-state index is 0.0286. The summed E-state index contributed by atoms with van der Waals surface area (Å²) in [5.74, 6) is 0.0286. The Hall–Kier alpha value is -2.11. The van der Waals surface area contributed by atoms with Crippen molar-refractivity contribution in [2.45, 2.75) is 12.8 Å². The Labute approximate surface area is 124 Å². The van der Waals surface area contributed by atoms with Gasteiger partial charge in [0.15, 0.2) is 0 Å². The number of anilines is 1. The fourth-order valence-corrected chi connectivity index (χ4v) is 2.90. The first-order chi connectivity index (χ1) is 10.3. The molecule has 1 aromatic rings. The summed E-state index contributed by atoms with van der Waals surface area (Å²) >= 11 is 0. The number of likely N-dealkylation sites (tertiary alicyclic amines) is 1. The first-order valence-corrected chi connectivity index (χ1v) is 7.47. The number of rotatable bonds is 3. The molecule has 0 N–H and O–H groups in total. The number of pyridine rings is 1. The molecule has 2 aliphatic heterocycles. The van der Waals surface area contributed by atoms with E-state index < -0.39 is 0 Å². The molecule has 0 atom stereocenters. The fourth-order valence-electron chi connectivity index (χ4n) is 2.90. The van der Waals surface area contributed by atoms with E-state index in [4.69, 9.17) is 0 Å². The summed E-state index contributed by atoms with van der Waals surface area (Å²) in [4.78, 5) is 33.2. The average Bonchev–Trinajstić information content (AvgIpc) is 3.09. The average molecular weight is 288 g/mol. The van der Waals surface area contributed by atoms with Crippen LogP contribution in [0.25, 0.3) is 0 Å². The molecule has 2 amide bonds. The molecule has 2 aliphatic rings. The summed E-state index contributed by atoms with van der Waals surface area (Å²) in [5.41, 5.74) is 1.53. The van der Waals surface area contributed by atoms with Crippen molar-refractivity contribution in [3.8, 4) is 0 Å². The standard InChI is InChI=1S/C15H20N4O2/c20-12-17-7-9-18(10-8-17)13-3-4-16-14(11-13)15(21)19-5-1-2-6-19/h3-4,11-12H,1-2,5-10H2. The van der Waals surface area contributed by atoms with Crippen LogP contribution in [0.15, 0.2) is 18.3 Å². The molecule has 0 aromatic carbocycles. The van der Waals surface area contributed by atoms with Gasteiger partial charge in [-0.1, -0.05) is 0 Å². The predicted molar refractivity (Wildman–Crippen MR) is 79.2 cm³/mol. The highest BCUT2D eigenvalue weighted by Crippen LogP contribution is 2.18. The van der Waals surface area contributed by atoms with Crippen molar-refractivity contribution in [3.63, 3.8) is 0 Å². The van der Waals surface area contributed by atoms with Gasteiger partial charge in [-0.3, -0.25) is 14.6 Å². The molecule has 0 radical (unpaired) electrons. The Kier molecular flexibility index (Phi) is 4.03. The SMILES string of the molecule is O=CN1CCN(c2ccnc(C(=O)N3CCCC3)c2)CC1. The van der Waals surface area contributed by atoms with Crippen molar-refractivity contribution in [3.05, 3.63) is 24.0 Å². The second-order valence-electron chi connectivity index (χ2n) is 5.53. The molecule has 0 saturated carbocycles. The van der Waals surface area contributed by atoms with Gasteiger partial charge in [0.05, 0.1) is 0 Å². The summed E-state index contributed by atoms with van der Waals surface area (Å²) in [6, 6.07) is 3.80. The fraction of sp³-hybridized carbons (Fsp3) is 0.533. The van der Waals surface area contributed by atoms with Crippen molar-refractivity contribution in [1.82, 2.24) is 14.8 Å². The maximum absolute atomic E-state index is 12.4. The Balaban J connectivity index is 1.71. The third-order valence-electron chi connectivity index (χ3n) is 4.18. The van der Waals surface area contributed by atoms with Crippen LogP contribution in [0.4, 0.5) is 5.69 Å². The van der Waals surface area contributed by atoms with Crippen LogP contribution < -0.4 is 4.90 Å². The second kappa shape index (κ2) is 6.11. The van der Waals surface area contributed by atoms with Gasteiger partial charge in [0, 0.05) is 51.2 Å². The molecule has 6 nitrogen and oxygen atoms in total. The molecular formula is C15H20N4O2. The Morgan fingerprint density at radius 2 is 1.81 bits per heavy atom. The van der Waals surface area contributed by atoms with Gasteiger partial charge in [-0.2, -0.15) is 0 Å². The van der Waals surface area contributed by atoms with Crippen molar-refractivity contribution in [2.24, 2.45) is 0 Å². The van der Waals surface area contributed by atoms with Crippen LogP contribution in [0, 0.1) is 0 Å². The van der Waals surface area contributed by atoms with Crippen LogP contribution in [-0.4, -0.2) is 66.4 Å². The van der Waals surface area contributed by atoms with Gasteiger partial charge in [0.25, 0.3) is 5.91 Å². The molecule has 2 saturated heterocycles. The number of piperazine rings is 1. The normalized spacial score (nSPS) is 19.0. The lowest BCUT2D eigenvalue weighted by Crippen LogP contribution is -2.45. The zero-order valence-corrected chi connectivity index (χ0v) is 12.1. The van der Waals surface area contributed by atoms with Crippen molar-refractivity contribution in [1.29, 1.82) is 0 Å². The first-order valence-electron chi connectivity index (χ1n) is 7.47. The van der Waals surface area contributed by atoms with E-state index in [9.17, 15) is 9.59 Å². The molecule has 21 heavy (non-hydrogen) atoms. The molecule has 3 rings (SSSR count). The summed E-state index contributed by atoms with van der Waals surface area (Å²) in [7, 11) is 0. The number of aromatic nitrogens is 1. The van der Waals surface area contributed by atoms with Crippen molar-refractivity contribution < 1.29 is 9.59 Å². The third-order valence-corrected chi connectivity index (χ3v) is 4.18. The largest absolute Gasteiger partial charge is 0.368 e. The zero-order valence-electron chi connectivity index (χ0n) is 12.1. The minimum absolute atomic E-state index is 0.0286. The smallest absolute Gasteiger partial charge is 0.272 e. The van der Waals surface area contributed by atoms with Gasteiger partial charge in [0.1, 0.15) is 5.69 Å². The Bertz CT molecular complexity index is 520. The molecule has 0 spiro atoms. The predicted octanol–water partition coefficient (Wildman–Crippen LogP) is 0.596. The third kappa shape index (κ3) is 2.99. The van der Waals surface area contributed by atoms with Gasteiger partial charge >= 0.3 is 0 Å². The van der Waals surface area contributed by atoms with Crippen molar-refractivity contribution >= 4 is 18.0 Å². The maximum Gasteiger partial charge on any atom is 0.272 e. The molecule has 2 fully saturated rings. The number of nitrogens with zero attached hydrogens (tertiary/aromatic N) is 4. The highest BCUT2D eigenvalue weighted by molar-refractivity contribution is 5.93. The lowest BCUT2D eigenvalue weighted by Gasteiger charge is -2.34. The molecule has 0 bridgehead atoms. The number of carbonyl (C=O) groups excluding carboxylic acids is 2. The molecule has 0 unspecified atom stereocenters. The molecule has 3 heterocycles. The molecule has 112 valence electrons. The summed E-state index contributed by atoms with van der Waals surface area (Å²) < 4.78 is 0. The van der Waals surface area contributed by atoms with Crippen LogP contribution in [-0.2, 0) is 4.79 Å². The van der Waals surface area contributed by atoms with E-state index in [1.807, 2.05) is 17.0 Å². The van der Waals surface area contributed by atoms with Gasteiger partial charge in [-0.15, -0.1) is 0 Å². The van der Waals surface area contributed by atoms with E-state index in [-0.39, 0.29) is 5.91 Å². The second-order valence-corrected chi connectivity index (χ2v) is 5.53. The monoisotopic (exact) mass is 288 g/mol. The van der Waals surface area contributed by atoms with Gasteiger partial charge in [-0.05, 0) is 25.0 Å². The Morgan fingerprint density at radius 1 is 1.10 bits per heavy atom. The van der Waals surface area contributed by atoms with E-state index in [1.165, 1.54) is 0 Å². The quantitative estimate of drug-likeness (QED) is 0.764. The number of hydrogen-bond acceptors (Lipinski definition) is 4. The van der Waals surface area contributed by atoms with Gasteiger partial charge in [-0.25, -0.2) is 0 Å².